The number of nitrogens with one attached hydrogen (secondary N) is 1. The van der Waals surface area contributed by atoms with Crippen LogP contribution in [-0.4, -0.2) is 34.8 Å². The number of amides is 3. The van der Waals surface area contributed by atoms with Crippen molar-refractivity contribution >= 4 is 23.4 Å². The molecule has 2 aromatic carbocycles. The van der Waals surface area contributed by atoms with E-state index in [2.05, 4.69) is 10.5 Å². The predicted molar refractivity (Wildman–Crippen MR) is 92.8 cm³/mol. The van der Waals surface area contributed by atoms with Gasteiger partial charge in [-0.25, -0.2) is 0 Å². The van der Waals surface area contributed by atoms with E-state index in [1.54, 1.807) is 12.1 Å². The highest BCUT2D eigenvalue weighted by atomic mass is 16.5. The van der Waals surface area contributed by atoms with Crippen molar-refractivity contribution in [1.82, 2.24) is 10.1 Å². The molecule has 3 aromatic rings. The SMILES string of the molecule is CN1C(=O)c2ccc(NC(=O)c3cc(-c4ccccc4)no3)cc2C1=O. The van der Waals surface area contributed by atoms with E-state index in [1.165, 1.54) is 19.2 Å². The number of imide groups is 1. The van der Waals surface area contributed by atoms with E-state index in [1.807, 2.05) is 30.3 Å². The molecule has 4 rings (SSSR count). The number of anilines is 1. The van der Waals surface area contributed by atoms with Gasteiger partial charge in [0.05, 0.1) is 11.1 Å². The third-order valence-corrected chi connectivity index (χ3v) is 4.15. The lowest BCUT2D eigenvalue weighted by molar-refractivity contribution is 0.0692. The zero-order valence-electron chi connectivity index (χ0n) is 13.7. The molecular weight excluding hydrogens is 334 g/mol. The van der Waals surface area contributed by atoms with Gasteiger partial charge >= 0.3 is 0 Å². The fourth-order valence-electron chi connectivity index (χ4n) is 2.76. The third-order valence-electron chi connectivity index (χ3n) is 4.15. The van der Waals surface area contributed by atoms with Crippen LogP contribution in [0.4, 0.5) is 5.69 Å². The summed E-state index contributed by atoms with van der Waals surface area (Å²) in [4.78, 5) is 37.3. The number of fused-ring (bicyclic) bond motifs is 1. The monoisotopic (exact) mass is 347 g/mol. The Morgan fingerprint density at radius 1 is 1.00 bits per heavy atom. The molecule has 0 radical (unpaired) electrons. The average molecular weight is 347 g/mol. The number of benzene rings is 2. The molecule has 7 heteroatoms. The lowest BCUT2D eigenvalue weighted by Crippen LogP contribution is -2.24. The van der Waals surface area contributed by atoms with Gasteiger partial charge in [-0.05, 0) is 18.2 Å². The fraction of sp³-hybridized carbons (Fsp3) is 0.0526. The van der Waals surface area contributed by atoms with Gasteiger partial charge in [0.25, 0.3) is 17.7 Å². The maximum absolute atomic E-state index is 12.4. The molecule has 0 fully saturated rings. The highest BCUT2D eigenvalue weighted by Gasteiger charge is 2.32. The summed E-state index contributed by atoms with van der Waals surface area (Å²) in [6, 6.07) is 15.4. The van der Waals surface area contributed by atoms with Crippen molar-refractivity contribution in [2.75, 3.05) is 12.4 Å². The molecule has 0 aliphatic carbocycles. The molecule has 1 aromatic heterocycles. The summed E-state index contributed by atoms with van der Waals surface area (Å²) in [5.41, 5.74) is 2.36. The summed E-state index contributed by atoms with van der Waals surface area (Å²) in [6.07, 6.45) is 0. The van der Waals surface area contributed by atoms with Gasteiger partial charge in [0.1, 0.15) is 5.69 Å². The zero-order valence-corrected chi connectivity index (χ0v) is 13.7. The number of carbonyl (C=O) groups is 3. The Kier molecular flexibility index (Phi) is 3.62. The lowest BCUT2D eigenvalue weighted by Gasteiger charge is -2.04. The maximum Gasteiger partial charge on any atom is 0.294 e. The van der Waals surface area contributed by atoms with E-state index in [0.29, 0.717) is 16.9 Å². The Morgan fingerprint density at radius 2 is 1.73 bits per heavy atom. The number of rotatable bonds is 3. The highest BCUT2D eigenvalue weighted by molar-refractivity contribution is 6.21. The van der Waals surface area contributed by atoms with Crippen molar-refractivity contribution in [3.63, 3.8) is 0 Å². The molecule has 2 heterocycles. The van der Waals surface area contributed by atoms with Crippen LogP contribution in [0.2, 0.25) is 0 Å². The van der Waals surface area contributed by atoms with Crippen LogP contribution in [0.25, 0.3) is 11.3 Å². The first-order valence-corrected chi connectivity index (χ1v) is 7.84. The largest absolute Gasteiger partial charge is 0.350 e. The number of hydrogen-bond donors (Lipinski definition) is 1. The molecular formula is C19H13N3O4. The van der Waals surface area contributed by atoms with Crippen LogP contribution in [0.3, 0.4) is 0 Å². The first-order valence-electron chi connectivity index (χ1n) is 7.84. The van der Waals surface area contributed by atoms with E-state index >= 15 is 0 Å². The molecule has 1 N–H and O–H groups in total. The van der Waals surface area contributed by atoms with Crippen LogP contribution in [0, 0.1) is 0 Å². The van der Waals surface area contributed by atoms with Crippen LogP contribution in [0.15, 0.2) is 59.1 Å². The summed E-state index contributed by atoms with van der Waals surface area (Å²) in [6.45, 7) is 0. The van der Waals surface area contributed by atoms with E-state index in [0.717, 1.165) is 10.5 Å². The number of hydrogen-bond acceptors (Lipinski definition) is 5. The smallest absolute Gasteiger partial charge is 0.294 e. The van der Waals surface area contributed by atoms with E-state index < -0.39 is 11.8 Å². The minimum atomic E-state index is -0.496. The van der Waals surface area contributed by atoms with Crippen LogP contribution in [-0.2, 0) is 0 Å². The first kappa shape index (κ1) is 15.8. The van der Waals surface area contributed by atoms with Crippen LogP contribution < -0.4 is 5.32 Å². The summed E-state index contributed by atoms with van der Waals surface area (Å²) in [7, 11) is 1.42. The number of nitrogens with zero attached hydrogens (tertiary/aromatic N) is 2. The van der Waals surface area contributed by atoms with Gasteiger partial charge < -0.3 is 9.84 Å². The van der Waals surface area contributed by atoms with Crippen LogP contribution in [0.5, 0.6) is 0 Å². The topological polar surface area (TPSA) is 92.5 Å². The summed E-state index contributed by atoms with van der Waals surface area (Å²) in [5, 5.41) is 6.55. The summed E-state index contributed by atoms with van der Waals surface area (Å²) < 4.78 is 5.11. The number of carbonyl (C=O) groups excluding carboxylic acids is 3. The molecule has 0 spiro atoms. The molecule has 1 aliphatic heterocycles. The second-order valence-electron chi connectivity index (χ2n) is 5.83. The Hall–Kier alpha value is -3.74. The zero-order chi connectivity index (χ0) is 18.3. The first-order chi connectivity index (χ1) is 12.5. The van der Waals surface area contributed by atoms with Gasteiger partial charge in [-0.2, -0.15) is 0 Å². The van der Waals surface area contributed by atoms with Crippen LogP contribution >= 0.6 is 0 Å². The molecule has 3 amide bonds. The average Bonchev–Trinajstić information content (AvgIpc) is 3.24. The molecule has 0 bridgehead atoms. The van der Waals surface area contributed by atoms with E-state index in [4.69, 9.17) is 4.52 Å². The molecule has 26 heavy (non-hydrogen) atoms. The van der Waals surface area contributed by atoms with Crippen molar-refractivity contribution < 1.29 is 18.9 Å². The predicted octanol–water partition coefficient (Wildman–Crippen LogP) is 2.82. The molecule has 0 atom stereocenters. The Bertz CT molecular complexity index is 1040. The maximum atomic E-state index is 12.4. The fourth-order valence-corrected chi connectivity index (χ4v) is 2.76. The van der Waals surface area contributed by atoms with Gasteiger partial charge in [0, 0.05) is 24.4 Å². The van der Waals surface area contributed by atoms with Gasteiger partial charge in [0.2, 0.25) is 5.76 Å². The quantitative estimate of drug-likeness (QED) is 0.736. The van der Waals surface area contributed by atoms with Crippen molar-refractivity contribution in [1.29, 1.82) is 0 Å². The highest BCUT2D eigenvalue weighted by Crippen LogP contribution is 2.25. The Morgan fingerprint density at radius 3 is 2.50 bits per heavy atom. The molecule has 1 aliphatic rings. The number of aromatic nitrogens is 1. The Balaban J connectivity index is 1.56. The molecule has 0 unspecified atom stereocenters. The molecule has 7 nitrogen and oxygen atoms in total. The Labute approximate surface area is 148 Å². The van der Waals surface area contributed by atoms with Crippen LogP contribution in [0.1, 0.15) is 31.3 Å². The van der Waals surface area contributed by atoms with Gasteiger partial charge in [-0.15, -0.1) is 0 Å². The lowest BCUT2D eigenvalue weighted by atomic mass is 10.1. The molecule has 0 saturated carbocycles. The van der Waals surface area contributed by atoms with E-state index in [9.17, 15) is 14.4 Å². The second kappa shape index (κ2) is 5.96. The van der Waals surface area contributed by atoms with Gasteiger partial charge in [-0.1, -0.05) is 35.5 Å². The van der Waals surface area contributed by atoms with Crippen molar-refractivity contribution in [3.8, 4) is 11.3 Å². The van der Waals surface area contributed by atoms with E-state index in [-0.39, 0.29) is 17.2 Å². The van der Waals surface area contributed by atoms with Gasteiger partial charge in [0.15, 0.2) is 0 Å². The minimum absolute atomic E-state index is 0.0453. The minimum Gasteiger partial charge on any atom is -0.350 e. The second-order valence-corrected chi connectivity index (χ2v) is 5.83. The summed E-state index contributed by atoms with van der Waals surface area (Å²) in [5.74, 6) is -1.20. The third kappa shape index (κ3) is 2.55. The van der Waals surface area contributed by atoms with Crippen molar-refractivity contribution in [2.24, 2.45) is 0 Å². The molecule has 128 valence electrons. The van der Waals surface area contributed by atoms with Crippen molar-refractivity contribution in [2.45, 2.75) is 0 Å². The van der Waals surface area contributed by atoms with Gasteiger partial charge in [-0.3, -0.25) is 19.3 Å². The molecule has 0 saturated heterocycles. The summed E-state index contributed by atoms with van der Waals surface area (Å²) >= 11 is 0. The normalized spacial score (nSPS) is 13.0. The van der Waals surface area contributed by atoms with Crippen molar-refractivity contribution in [3.05, 3.63) is 71.5 Å². The standard InChI is InChI=1S/C19H13N3O4/c1-22-18(24)13-8-7-12(9-14(13)19(22)25)20-17(23)16-10-15(21-26-16)11-5-3-2-4-6-11/h2-10H,1H3,(H,20,23).